The number of hydrogen-bond acceptors (Lipinski definition) is 3. The second kappa shape index (κ2) is 7.76. The van der Waals surface area contributed by atoms with Gasteiger partial charge in [-0.3, -0.25) is 9.59 Å². The molecule has 2 aromatic rings. The van der Waals surface area contributed by atoms with E-state index in [0.717, 1.165) is 11.1 Å². The Morgan fingerprint density at radius 2 is 1.83 bits per heavy atom. The fourth-order valence-electron chi connectivity index (χ4n) is 2.05. The average molecular weight is 333 g/mol. The van der Waals surface area contributed by atoms with Crippen LogP contribution in [0.5, 0.6) is 0 Å². The molecule has 3 N–H and O–H groups in total. The zero-order valence-electron chi connectivity index (χ0n) is 12.5. The van der Waals surface area contributed by atoms with Gasteiger partial charge in [-0.1, -0.05) is 48.0 Å². The van der Waals surface area contributed by atoms with Crippen LogP contribution in [-0.4, -0.2) is 23.5 Å². The molecule has 6 heteroatoms. The Hall–Kier alpha value is -2.37. The quantitative estimate of drug-likeness (QED) is 0.752. The zero-order chi connectivity index (χ0) is 16.8. The summed E-state index contributed by atoms with van der Waals surface area (Å²) in [6.07, 6.45) is 0. The molecule has 2 amide bonds. The van der Waals surface area contributed by atoms with Gasteiger partial charge in [0.15, 0.2) is 0 Å². The monoisotopic (exact) mass is 332 g/mol. The highest BCUT2D eigenvalue weighted by atomic mass is 35.5. The van der Waals surface area contributed by atoms with Crippen LogP contribution < -0.4 is 10.6 Å². The number of rotatable bonds is 4. The first kappa shape index (κ1) is 17.0. The Morgan fingerprint density at radius 1 is 1.13 bits per heavy atom. The van der Waals surface area contributed by atoms with Gasteiger partial charge in [0, 0.05) is 10.7 Å². The minimum absolute atomic E-state index is 0.306. The van der Waals surface area contributed by atoms with Gasteiger partial charge < -0.3 is 15.7 Å². The fourth-order valence-corrected chi connectivity index (χ4v) is 2.22. The molecule has 0 aliphatic carbocycles. The third kappa shape index (κ3) is 4.55. The number of halogens is 1. The summed E-state index contributed by atoms with van der Waals surface area (Å²) >= 11 is 5.88. The first-order chi connectivity index (χ1) is 11.0. The molecule has 0 aliphatic rings. The summed E-state index contributed by atoms with van der Waals surface area (Å²) in [5.74, 6) is -1.64. The molecule has 0 fully saturated rings. The van der Waals surface area contributed by atoms with Crippen LogP contribution in [0.1, 0.15) is 17.2 Å². The van der Waals surface area contributed by atoms with E-state index in [-0.39, 0.29) is 6.61 Å². The van der Waals surface area contributed by atoms with Crippen LogP contribution in [0, 0.1) is 6.92 Å². The number of nitrogens with one attached hydrogen (secondary N) is 2. The van der Waals surface area contributed by atoms with Crippen molar-refractivity contribution in [1.82, 2.24) is 5.32 Å². The highest BCUT2D eigenvalue weighted by Crippen LogP contribution is 2.20. The third-order valence-corrected chi connectivity index (χ3v) is 3.58. The van der Waals surface area contributed by atoms with E-state index in [1.807, 2.05) is 6.07 Å². The van der Waals surface area contributed by atoms with Gasteiger partial charge in [0.2, 0.25) is 0 Å². The number of carbonyl (C=O) groups excluding carboxylic acids is 2. The summed E-state index contributed by atoms with van der Waals surface area (Å²) in [6, 6.07) is 13.3. The summed E-state index contributed by atoms with van der Waals surface area (Å²) in [5, 5.41) is 14.9. The van der Waals surface area contributed by atoms with Gasteiger partial charge in [0.1, 0.15) is 0 Å². The van der Waals surface area contributed by atoms with Gasteiger partial charge in [-0.15, -0.1) is 0 Å². The Kier molecular flexibility index (Phi) is 5.73. The number of hydrogen-bond donors (Lipinski definition) is 3. The van der Waals surface area contributed by atoms with Crippen molar-refractivity contribution in [3.05, 3.63) is 64.7 Å². The minimum atomic E-state index is -0.827. The van der Waals surface area contributed by atoms with E-state index >= 15 is 0 Å². The smallest absolute Gasteiger partial charge is 0.313 e. The molecule has 2 rings (SSSR count). The van der Waals surface area contributed by atoms with Gasteiger partial charge in [0.05, 0.1) is 12.6 Å². The highest BCUT2D eigenvalue weighted by Gasteiger charge is 2.20. The summed E-state index contributed by atoms with van der Waals surface area (Å²) < 4.78 is 0. The van der Waals surface area contributed by atoms with E-state index < -0.39 is 17.9 Å². The maximum atomic E-state index is 12.0. The molecule has 120 valence electrons. The molecular weight excluding hydrogens is 316 g/mol. The van der Waals surface area contributed by atoms with Crippen molar-refractivity contribution in [2.45, 2.75) is 13.0 Å². The van der Waals surface area contributed by atoms with Crippen LogP contribution in [0.15, 0.2) is 48.5 Å². The van der Waals surface area contributed by atoms with Crippen molar-refractivity contribution in [1.29, 1.82) is 0 Å². The number of carbonyl (C=O) groups is 2. The molecule has 0 aromatic heterocycles. The lowest BCUT2D eigenvalue weighted by Crippen LogP contribution is -2.39. The van der Waals surface area contributed by atoms with Crippen LogP contribution in [0.3, 0.4) is 0 Å². The lowest BCUT2D eigenvalue weighted by atomic mass is 10.1. The van der Waals surface area contributed by atoms with Gasteiger partial charge in [-0.2, -0.15) is 0 Å². The van der Waals surface area contributed by atoms with Gasteiger partial charge in [-0.05, 0) is 30.2 Å². The Morgan fingerprint density at radius 3 is 2.48 bits per heavy atom. The van der Waals surface area contributed by atoms with E-state index in [4.69, 9.17) is 11.6 Å². The summed E-state index contributed by atoms with van der Waals surface area (Å²) in [5.41, 5.74) is 1.98. The second-order valence-electron chi connectivity index (χ2n) is 5.03. The molecule has 0 aliphatic heterocycles. The molecule has 0 saturated carbocycles. The predicted octanol–water partition coefficient (Wildman–Crippen LogP) is 2.44. The minimum Gasteiger partial charge on any atom is -0.394 e. The Balaban J connectivity index is 2.05. The van der Waals surface area contributed by atoms with E-state index in [0.29, 0.717) is 10.7 Å². The van der Waals surface area contributed by atoms with Crippen LogP contribution in [-0.2, 0) is 9.59 Å². The third-order valence-electron chi connectivity index (χ3n) is 3.34. The molecule has 0 saturated heterocycles. The first-order valence-electron chi connectivity index (χ1n) is 7.05. The number of amides is 2. The number of benzene rings is 2. The number of aliphatic hydroxyl groups is 1. The zero-order valence-corrected chi connectivity index (χ0v) is 13.3. The van der Waals surface area contributed by atoms with Crippen molar-refractivity contribution in [2.24, 2.45) is 0 Å². The van der Waals surface area contributed by atoms with Crippen molar-refractivity contribution in [3.63, 3.8) is 0 Å². The van der Waals surface area contributed by atoms with Gasteiger partial charge in [0.25, 0.3) is 0 Å². The number of aliphatic hydroxyl groups excluding tert-OH is 1. The van der Waals surface area contributed by atoms with Gasteiger partial charge >= 0.3 is 11.8 Å². The maximum Gasteiger partial charge on any atom is 0.313 e. The van der Waals surface area contributed by atoms with Crippen LogP contribution >= 0.6 is 11.6 Å². The van der Waals surface area contributed by atoms with E-state index in [9.17, 15) is 14.7 Å². The largest absolute Gasteiger partial charge is 0.394 e. The lowest BCUT2D eigenvalue weighted by Gasteiger charge is -2.16. The molecule has 0 spiro atoms. The van der Waals surface area contributed by atoms with E-state index in [1.54, 1.807) is 49.4 Å². The molecule has 0 radical (unpaired) electrons. The standard InChI is InChI=1S/C17H17ClN2O3/c1-11-7-8-13(18)9-14(11)19-16(22)17(23)20-15(10-21)12-5-3-2-4-6-12/h2-9,15,21H,10H2,1H3,(H,19,22)(H,20,23). The number of aryl methyl sites for hydroxylation is 1. The Labute approximate surface area is 139 Å². The topological polar surface area (TPSA) is 78.4 Å². The van der Waals surface area contributed by atoms with E-state index in [1.165, 1.54) is 0 Å². The molecule has 5 nitrogen and oxygen atoms in total. The van der Waals surface area contributed by atoms with E-state index in [2.05, 4.69) is 10.6 Å². The van der Waals surface area contributed by atoms with Gasteiger partial charge in [-0.25, -0.2) is 0 Å². The summed E-state index contributed by atoms with van der Waals surface area (Å²) in [4.78, 5) is 24.0. The van der Waals surface area contributed by atoms with Crippen LogP contribution in [0.25, 0.3) is 0 Å². The maximum absolute atomic E-state index is 12.0. The Bertz CT molecular complexity index is 704. The molecule has 23 heavy (non-hydrogen) atoms. The normalized spacial score (nSPS) is 11.6. The molecule has 1 unspecified atom stereocenters. The van der Waals surface area contributed by atoms with Crippen molar-refractivity contribution >= 4 is 29.1 Å². The first-order valence-corrected chi connectivity index (χ1v) is 7.43. The predicted molar refractivity (Wildman–Crippen MR) is 89.2 cm³/mol. The summed E-state index contributed by atoms with van der Waals surface area (Å²) in [7, 11) is 0. The fraction of sp³-hybridized carbons (Fsp3) is 0.176. The molecular formula is C17H17ClN2O3. The van der Waals surface area contributed by atoms with Crippen LogP contribution in [0.2, 0.25) is 5.02 Å². The molecule has 2 aromatic carbocycles. The summed E-state index contributed by atoms with van der Waals surface area (Å²) in [6.45, 7) is 1.49. The average Bonchev–Trinajstić information content (AvgIpc) is 2.56. The lowest BCUT2D eigenvalue weighted by molar-refractivity contribution is -0.136. The molecule has 0 heterocycles. The van der Waals surface area contributed by atoms with Crippen molar-refractivity contribution in [2.75, 3.05) is 11.9 Å². The van der Waals surface area contributed by atoms with Crippen molar-refractivity contribution < 1.29 is 14.7 Å². The molecule has 0 bridgehead atoms. The SMILES string of the molecule is Cc1ccc(Cl)cc1NC(=O)C(=O)NC(CO)c1ccccc1. The van der Waals surface area contributed by atoms with Crippen molar-refractivity contribution in [3.8, 4) is 0 Å². The number of anilines is 1. The highest BCUT2D eigenvalue weighted by molar-refractivity contribution is 6.40. The second-order valence-corrected chi connectivity index (χ2v) is 5.47. The van der Waals surface area contributed by atoms with Crippen LogP contribution in [0.4, 0.5) is 5.69 Å². The molecule has 1 atom stereocenters.